The van der Waals surface area contributed by atoms with Gasteiger partial charge in [0, 0.05) is 35.5 Å². The highest BCUT2D eigenvalue weighted by Crippen LogP contribution is 2.33. The average Bonchev–Trinajstić information content (AvgIpc) is 3.40. The maximum absolute atomic E-state index is 12.8. The van der Waals surface area contributed by atoms with Gasteiger partial charge in [0.25, 0.3) is 40.9 Å². The fourth-order valence-corrected chi connectivity index (χ4v) is 4.81. The molecule has 4 aromatic carbocycles. The zero-order valence-electron chi connectivity index (χ0n) is 21.5. The van der Waals surface area contributed by atoms with Crippen LogP contribution in [0, 0.1) is 20.2 Å². The number of hydrogen-bond acceptors (Lipinski definition) is 9. The van der Waals surface area contributed by atoms with Crippen LogP contribution >= 0.6 is 0 Å². The Morgan fingerprint density at radius 3 is 1.37 bits per heavy atom. The van der Waals surface area contributed by atoms with Crippen LogP contribution in [0.2, 0.25) is 0 Å². The van der Waals surface area contributed by atoms with E-state index in [2.05, 4.69) is 5.32 Å². The van der Waals surface area contributed by atoms with Crippen molar-refractivity contribution in [2.24, 2.45) is 0 Å². The van der Waals surface area contributed by atoms with Gasteiger partial charge in [0.15, 0.2) is 0 Å². The van der Waals surface area contributed by atoms with E-state index >= 15 is 0 Å². The molecule has 0 unspecified atom stereocenters. The van der Waals surface area contributed by atoms with Gasteiger partial charge in [-0.3, -0.25) is 44.2 Å². The number of nitro groups is 2. The molecule has 0 radical (unpaired) electrons. The summed E-state index contributed by atoms with van der Waals surface area (Å²) in [5.41, 5.74) is 0.133. The molecule has 14 heteroatoms. The van der Waals surface area contributed by atoms with Crippen LogP contribution in [-0.2, 0) is 0 Å². The van der Waals surface area contributed by atoms with Gasteiger partial charge in [0.05, 0.1) is 43.5 Å². The van der Waals surface area contributed by atoms with Gasteiger partial charge in [0.2, 0.25) is 0 Å². The number of nitro benzene ring substituents is 2. The first-order valence-electron chi connectivity index (χ1n) is 12.4. The molecule has 0 fully saturated rings. The highest BCUT2D eigenvalue weighted by molar-refractivity contribution is 6.35. The number of benzene rings is 4. The van der Waals surface area contributed by atoms with E-state index < -0.39 is 39.4 Å². The van der Waals surface area contributed by atoms with Crippen LogP contribution in [0.25, 0.3) is 0 Å². The predicted octanol–water partition coefficient (Wildman–Crippen LogP) is 4.36. The lowest BCUT2D eigenvalue weighted by atomic mass is 10.1. The molecule has 0 bridgehead atoms. The summed E-state index contributed by atoms with van der Waals surface area (Å²) in [6, 6.07) is 18.2. The molecule has 6 rings (SSSR count). The number of non-ortho nitro benzene ring substituents is 2. The maximum Gasteiger partial charge on any atom is 0.270 e. The van der Waals surface area contributed by atoms with Crippen LogP contribution in [0.5, 0.6) is 0 Å². The van der Waals surface area contributed by atoms with E-state index in [1.807, 2.05) is 0 Å². The largest absolute Gasteiger partial charge is 0.322 e. The fourth-order valence-electron chi connectivity index (χ4n) is 4.81. The molecule has 5 amide bonds. The van der Waals surface area contributed by atoms with Gasteiger partial charge in [0.1, 0.15) is 0 Å². The monoisotopic (exact) mass is 577 g/mol. The molecule has 14 nitrogen and oxygen atoms in total. The lowest BCUT2D eigenvalue weighted by Gasteiger charge is -2.15. The van der Waals surface area contributed by atoms with E-state index in [4.69, 9.17) is 0 Å². The molecule has 0 atom stereocenters. The summed E-state index contributed by atoms with van der Waals surface area (Å²) in [7, 11) is 0. The average molecular weight is 577 g/mol. The maximum atomic E-state index is 12.8. The third-order valence-corrected chi connectivity index (χ3v) is 6.93. The van der Waals surface area contributed by atoms with E-state index in [1.165, 1.54) is 60.7 Å². The zero-order chi connectivity index (χ0) is 30.6. The Morgan fingerprint density at radius 2 is 0.953 bits per heavy atom. The van der Waals surface area contributed by atoms with Gasteiger partial charge in [-0.05, 0) is 60.7 Å². The van der Waals surface area contributed by atoms with Crippen molar-refractivity contribution in [3.63, 3.8) is 0 Å². The van der Waals surface area contributed by atoms with Gasteiger partial charge in [-0.2, -0.15) is 0 Å². The first-order chi connectivity index (χ1) is 20.5. The molecular formula is C29H15N5O9. The van der Waals surface area contributed by atoms with Crippen molar-refractivity contribution in [1.82, 2.24) is 0 Å². The summed E-state index contributed by atoms with van der Waals surface area (Å²) in [5.74, 6) is -3.26. The van der Waals surface area contributed by atoms with Crippen molar-refractivity contribution in [3.8, 4) is 0 Å². The summed E-state index contributed by atoms with van der Waals surface area (Å²) >= 11 is 0. The molecule has 4 aromatic rings. The molecule has 210 valence electrons. The van der Waals surface area contributed by atoms with Crippen molar-refractivity contribution >= 4 is 58.0 Å². The molecule has 2 heterocycles. The highest BCUT2D eigenvalue weighted by Gasteiger charge is 2.39. The number of anilines is 3. The minimum absolute atomic E-state index is 0.0309. The Kier molecular flexibility index (Phi) is 6.08. The predicted molar refractivity (Wildman–Crippen MR) is 149 cm³/mol. The standard InChI is InChI=1S/C29H15N5O9/c35-25(15-1-5-17(6-2-15)31-26(36)21-11-9-19(33(40)41)13-23(21)28(31)38)30-16-3-7-18(8-4-16)32-27(37)22-12-10-20(34(42)43)14-24(22)29(32)39/h1-14H,(H,30,35). The summed E-state index contributed by atoms with van der Waals surface area (Å²) in [6.45, 7) is 0. The van der Waals surface area contributed by atoms with Gasteiger partial charge < -0.3 is 5.32 Å². The van der Waals surface area contributed by atoms with Gasteiger partial charge in [-0.15, -0.1) is 0 Å². The third-order valence-electron chi connectivity index (χ3n) is 6.93. The first-order valence-corrected chi connectivity index (χ1v) is 12.4. The van der Waals surface area contributed by atoms with E-state index in [0.29, 0.717) is 5.69 Å². The van der Waals surface area contributed by atoms with E-state index in [-0.39, 0.29) is 50.6 Å². The minimum Gasteiger partial charge on any atom is -0.322 e. The van der Waals surface area contributed by atoms with Crippen LogP contribution in [0.4, 0.5) is 28.4 Å². The van der Waals surface area contributed by atoms with Crippen LogP contribution in [-0.4, -0.2) is 39.4 Å². The normalized spacial score (nSPS) is 13.7. The lowest BCUT2D eigenvalue weighted by Crippen LogP contribution is -2.29. The molecule has 0 saturated carbocycles. The Balaban J connectivity index is 1.15. The van der Waals surface area contributed by atoms with Gasteiger partial charge in [-0.1, -0.05) is 0 Å². The smallest absolute Gasteiger partial charge is 0.270 e. The van der Waals surface area contributed by atoms with Crippen molar-refractivity contribution < 1.29 is 33.8 Å². The number of hydrogen-bond donors (Lipinski definition) is 1. The number of rotatable bonds is 6. The Hall–Kier alpha value is -6.57. The molecule has 1 N–H and O–H groups in total. The van der Waals surface area contributed by atoms with Crippen LogP contribution in [0.3, 0.4) is 0 Å². The minimum atomic E-state index is -0.725. The number of nitrogens with zero attached hydrogens (tertiary/aromatic N) is 4. The molecule has 2 aliphatic rings. The van der Waals surface area contributed by atoms with Crippen molar-refractivity contribution in [2.45, 2.75) is 0 Å². The molecule has 2 aliphatic heterocycles. The molecule has 0 aliphatic carbocycles. The van der Waals surface area contributed by atoms with Gasteiger partial charge in [-0.25, -0.2) is 9.80 Å². The number of nitrogens with one attached hydrogen (secondary N) is 1. The van der Waals surface area contributed by atoms with Crippen LogP contribution in [0.15, 0.2) is 84.9 Å². The number of carbonyl (C=O) groups is 5. The van der Waals surface area contributed by atoms with E-state index in [9.17, 15) is 44.2 Å². The summed E-state index contributed by atoms with van der Waals surface area (Å²) in [5, 5.41) is 24.8. The molecule has 0 spiro atoms. The summed E-state index contributed by atoms with van der Waals surface area (Å²) < 4.78 is 0. The number of fused-ring (bicyclic) bond motifs is 2. The zero-order valence-corrected chi connectivity index (χ0v) is 21.5. The van der Waals surface area contributed by atoms with Crippen LogP contribution in [0.1, 0.15) is 51.8 Å². The van der Waals surface area contributed by atoms with Crippen LogP contribution < -0.4 is 15.1 Å². The molecule has 43 heavy (non-hydrogen) atoms. The highest BCUT2D eigenvalue weighted by atomic mass is 16.6. The van der Waals surface area contributed by atoms with Gasteiger partial charge >= 0.3 is 0 Å². The van der Waals surface area contributed by atoms with E-state index in [1.54, 1.807) is 0 Å². The second kappa shape index (κ2) is 9.81. The topological polar surface area (TPSA) is 190 Å². The van der Waals surface area contributed by atoms with Crippen molar-refractivity contribution in [1.29, 1.82) is 0 Å². The Bertz CT molecular complexity index is 1950. The first kappa shape index (κ1) is 26.6. The Morgan fingerprint density at radius 1 is 0.558 bits per heavy atom. The lowest BCUT2D eigenvalue weighted by molar-refractivity contribution is -0.385. The second-order valence-electron chi connectivity index (χ2n) is 9.41. The SMILES string of the molecule is O=C(Nc1ccc(N2C(=O)c3ccc([N+](=O)[O-])cc3C2=O)cc1)c1ccc(N2C(=O)c3ccc([N+](=O)[O-])cc3C2=O)cc1. The molecular weight excluding hydrogens is 562 g/mol. The molecule has 0 saturated heterocycles. The van der Waals surface area contributed by atoms with Crippen molar-refractivity contribution in [3.05, 3.63) is 133 Å². The number of imide groups is 2. The van der Waals surface area contributed by atoms with Crippen molar-refractivity contribution in [2.75, 3.05) is 15.1 Å². The molecule has 0 aromatic heterocycles. The summed E-state index contributed by atoms with van der Waals surface area (Å²) in [4.78, 5) is 86.7. The fraction of sp³-hybridized carbons (Fsp3) is 0. The number of amides is 5. The quantitative estimate of drug-likeness (QED) is 0.197. The number of carbonyl (C=O) groups excluding carboxylic acids is 5. The second-order valence-corrected chi connectivity index (χ2v) is 9.41. The third kappa shape index (κ3) is 4.35. The van der Waals surface area contributed by atoms with E-state index in [0.717, 1.165) is 34.1 Å². The summed E-state index contributed by atoms with van der Waals surface area (Å²) in [6.07, 6.45) is 0. The Labute approximate surface area is 240 Å².